The fourth-order valence-corrected chi connectivity index (χ4v) is 4.52. The Morgan fingerprint density at radius 1 is 0.943 bits per heavy atom. The molecule has 0 amide bonds. The summed E-state index contributed by atoms with van der Waals surface area (Å²) in [5, 5.41) is 5.40. The predicted molar refractivity (Wildman–Crippen MR) is 137 cm³/mol. The molecule has 0 spiro atoms. The summed E-state index contributed by atoms with van der Waals surface area (Å²) in [7, 11) is -2.48. The van der Waals surface area contributed by atoms with Crippen LogP contribution in [0.25, 0.3) is 0 Å². The van der Waals surface area contributed by atoms with Crippen molar-refractivity contribution in [1.82, 2.24) is 0 Å². The van der Waals surface area contributed by atoms with Crippen LogP contribution in [0.1, 0.15) is 25.0 Å². The first-order valence-electron chi connectivity index (χ1n) is 11.5. The van der Waals surface area contributed by atoms with Gasteiger partial charge in [0.2, 0.25) is 10.0 Å². The van der Waals surface area contributed by atoms with Crippen LogP contribution in [0.2, 0.25) is 0 Å². The Labute approximate surface area is 207 Å². The van der Waals surface area contributed by atoms with Gasteiger partial charge in [-0.1, -0.05) is 36.4 Å². The molecule has 35 heavy (non-hydrogen) atoms. The number of hydrogen-bond acceptors (Lipinski definition) is 5. The maximum Gasteiger partial charge on any atom is 0.241 e. The lowest BCUT2D eigenvalue weighted by Gasteiger charge is -2.15. The molecule has 0 bridgehead atoms. The van der Waals surface area contributed by atoms with Crippen molar-refractivity contribution in [2.75, 3.05) is 26.9 Å². The van der Waals surface area contributed by atoms with Crippen LogP contribution in [0, 0.1) is 0 Å². The minimum absolute atomic E-state index is 0.0147. The molecule has 2 N–H and O–H groups in total. The third-order valence-corrected chi connectivity index (χ3v) is 6.43. The van der Waals surface area contributed by atoms with Gasteiger partial charge in [-0.25, -0.2) is 18.1 Å². The molecule has 8 heteroatoms. The van der Waals surface area contributed by atoms with Crippen LogP contribution >= 0.6 is 0 Å². The molecule has 186 valence electrons. The predicted octanol–water partition coefficient (Wildman–Crippen LogP) is 3.88. The molecular formula is C27H33N2O5S+. The number of rotatable bonds is 12. The van der Waals surface area contributed by atoms with E-state index in [1.54, 1.807) is 12.1 Å². The van der Waals surface area contributed by atoms with E-state index in [0.717, 1.165) is 16.9 Å². The fraction of sp³-hybridized carbons (Fsp3) is 0.296. The number of benzene rings is 3. The highest BCUT2D eigenvalue weighted by Gasteiger charge is 2.20. The zero-order valence-corrected chi connectivity index (χ0v) is 21.2. The second kappa shape index (κ2) is 12.4. The fourth-order valence-electron chi connectivity index (χ4n) is 3.78. The lowest BCUT2D eigenvalue weighted by molar-refractivity contribution is -0.558. The third-order valence-electron chi connectivity index (χ3n) is 5.50. The van der Waals surface area contributed by atoms with Crippen LogP contribution in [-0.2, 0) is 16.4 Å². The van der Waals surface area contributed by atoms with Crippen LogP contribution in [0.5, 0.6) is 17.2 Å². The van der Waals surface area contributed by atoms with Gasteiger partial charge in [-0.05, 0) is 55.8 Å². The summed E-state index contributed by atoms with van der Waals surface area (Å²) in [4.78, 5) is -0.0147. The molecule has 3 rings (SSSR count). The van der Waals surface area contributed by atoms with E-state index in [0.29, 0.717) is 31.9 Å². The zero-order chi connectivity index (χ0) is 25.3. The summed E-state index contributed by atoms with van der Waals surface area (Å²) in [5.41, 5.74) is 1.91. The molecule has 0 aromatic heterocycles. The molecule has 0 saturated heterocycles. The van der Waals surface area contributed by atoms with E-state index in [1.807, 2.05) is 67.6 Å². The van der Waals surface area contributed by atoms with E-state index in [-0.39, 0.29) is 16.7 Å². The van der Waals surface area contributed by atoms with Crippen LogP contribution < -0.4 is 19.3 Å². The highest BCUT2D eigenvalue weighted by atomic mass is 32.2. The van der Waals surface area contributed by atoms with Gasteiger partial charge in [-0.2, -0.15) is 0 Å². The Bertz CT molecular complexity index is 1240. The number of nitrogens with two attached hydrogens (primary N) is 1. The molecule has 0 radical (unpaired) electrons. The molecule has 0 unspecified atom stereocenters. The van der Waals surface area contributed by atoms with E-state index in [1.165, 1.54) is 7.11 Å². The van der Waals surface area contributed by atoms with Gasteiger partial charge < -0.3 is 14.2 Å². The number of sulfonamides is 1. The molecule has 0 aliphatic carbocycles. The minimum Gasteiger partial charge on any atom is -0.495 e. The lowest BCUT2D eigenvalue weighted by Crippen LogP contribution is -2.31. The van der Waals surface area contributed by atoms with Gasteiger partial charge in [-0.3, -0.25) is 0 Å². The van der Waals surface area contributed by atoms with E-state index in [4.69, 9.17) is 19.3 Å². The van der Waals surface area contributed by atoms with Crippen molar-refractivity contribution in [3.63, 3.8) is 0 Å². The number of hydrogen-bond donors (Lipinski definition) is 1. The highest BCUT2D eigenvalue weighted by Crippen LogP contribution is 2.26. The van der Waals surface area contributed by atoms with E-state index < -0.39 is 10.0 Å². The second-order valence-corrected chi connectivity index (χ2v) is 9.62. The van der Waals surface area contributed by atoms with E-state index >= 15 is 0 Å². The maximum absolute atomic E-state index is 12.0. The summed E-state index contributed by atoms with van der Waals surface area (Å²) in [6, 6.07) is 22.8. The maximum atomic E-state index is 12.0. The smallest absolute Gasteiger partial charge is 0.241 e. The van der Waals surface area contributed by atoms with E-state index in [2.05, 4.69) is 17.7 Å². The van der Waals surface area contributed by atoms with Gasteiger partial charge in [0.25, 0.3) is 0 Å². The first-order chi connectivity index (χ1) is 16.8. The Kier molecular flexibility index (Phi) is 9.28. The van der Waals surface area contributed by atoms with Gasteiger partial charge in [0.1, 0.15) is 17.3 Å². The zero-order valence-electron chi connectivity index (χ0n) is 20.4. The topological polar surface area (TPSA) is 90.9 Å². The van der Waals surface area contributed by atoms with Crippen LogP contribution in [0.4, 0.5) is 0 Å². The second-order valence-electron chi connectivity index (χ2n) is 8.09. The largest absolute Gasteiger partial charge is 0.495 e. The Hall–Kier alpha value is -3.36. The quantitative estimate of drug-likeness (QED) is 0.303. The average Bonchev–Trinajstić information content (AvgIpc) is 2.84. The molecule has 7 nitrogen and oxygen atoms in total. The van der Waals surface area contributed by atoms with Crippen molar-refractivity contribution in [2.45, 2.75) is 31.2 Å². The number of para-hydroxylation sites is 2. The van der Waals surface area contributed by atoms with Crippen molar-refractivity contribution >= 4 is 16.2 Å². The average molecular weight is 498 g/mol. The van der Waals surface area contributed by atoms with Gasteiger partial charge in [0.05, 0.1) is 13.7 Å². The first-order valence-corrected chi connectivity index (χ1v) is 13.1. The minimum atomic E-state index is -3.90. The van der Waals surface area contributed by atoms with Gasteiger partial charge in [0, 0.05) is 12.0 Å². The summed E-state index contributed by atoms with van der Waals surface area (Å²) in [6.45, 7) is 5.66. The van der Waals surface area contributed by atoms with Crippen molar-refractivity contribution in [3.05, 3.63) is 83.9 Å². The SMILES string of the molecule is CCOc1ccccc1OCC/[N+](=C/c1ccccc1)[C@H](C)Cc1ccc(OC)c(S(N)(=O)=O)c1. The molecule has 0 saturated carbocycles. The Morgan fingerprint density at radius 2 is 1.60 bits per heavy atom. The summed E-state index contributed by atoms with van der Waals surface area (Å²) < 4.78 is 43.1. The van der Waals surface area contributed by atoms with Crippen LogP contribution in [-0.4, -0.2) is 52.1 Å². The normalized spacial score (nSPS) is 12.7. The summed E-state index contributed by atoms with van der Waals surface area (Å²) in [5.74, 6) is 1.66. The number of ether oxygens (including phenoxy) is 3. The van der Waals surface area contributed by atoms with Crippen molar-refractivity contribution < 1.29 is 27.2 Å². The monoisotopic (exact) mass is 497 g/mol. The van der Waals surface area contributed by atoms with Crippen LogP contribution in [0.15, 0.2) is 77.7 Å². The molecule has 0 aliphatic heterocycles. The molecule has 0 fully saturated rings. The number of nitrogens with zero attached hydrogens (tertiary/aromatic N) is 1. The molecule has 3 aromatic carbocycles. The molecular weight excluding hydrogens is 464 g/mol. The van der Waals surface area contributed by atoms with Gasteiger partial charge in [-0.15, -0.1) is 0 Å². The van der Waals surface area contributed by atoms with E-state index in [9.17, 15) is 8.42 Å². The lowest BCUT2D eigenvalue weighted by atomic mass is 10.1. The Balaban J connectivity index is 1.81. The first kappa shape index (κ1) is 26.2. The summed E-state index contributed by atoms with van der Waals surface area (Å²) in [6.07, 6.45) is 2.69. The molecule has 1 atom stereocenters. The van der Waals surface area contributed by atoms with Crippen molar-refractivity contribution in [3.8, 4) is 17.2 Å². The highest BCUT2D eigenvalue weighted by molar-refractivity contribution is 7.89. The Morgan fingerprint density at radius 3 is 2.23 bits per heavy atom. The summed E-state index contributed by atoms with van der Waals surface area (Å²) >= 11 is 0. The number of primary sulfonamides is 1. The number of methoxy groups -OCH3 is 1. The van der Waals surface area contributed by atoms with Gasteiger partial charge >= 0.3 is 0 Å². The third kappa shape index (κ3) is 7.56. The molecule has 0 aliphatic rings. The molecule has 0 heterocycles. The van der Waals surface area contributed by atoms with Gasteiger partial charge in [0.15, 0.2) is 30.3 Å². The van der Waals surface area contributed by atoms with Crippen LogP contribution in [0.3, 0.4) is 0 Å². The standard InChI is InChI=1S/C27H33N2O5S/c1-4-33-24-12-8-9-13-25(24)34-17-16-29(20-22-10-6-5-7-11-22)21(2)18-23-14-15-26(32-3)27(19-23)35(28,30)31/h5-15,19-21H,4,16-18H2,1-3H3,(H2,28,30,31)/q+1/b29-20-/t21-/m1/s1. The van der Waals surface area contributed by atoms with Crippen molar-refractivity contribution in [2.24, 2.45) is 5.14 Å². The van der Waals surface area contributed by atoms with Crippen molar-refractivity contribution in [1.29, 1.82) is 0 Å². The molecule has 3 aromatic rings.